The lowest BCUT2D eigenvalue weighted by Crippen LogP contribution is -2.19. The van der Waals surface area contributed by atoms with Crippen LogP contribution in [0.2, 0.25) is 20.1 Å². The van der Waals surface area contributed by atoms with Crippen LogP contribution in [-0.2, 0) is 10.0 Å². The predicted octanol–water partition coefficient (Wildman–Crippen LogP) is 8.28. The second-order valence-electron chi connectivity index (χ2n) is 7.48. The zero-order valence-corrected chi connectivity index (χ0v) is 22.3. The lowest BCUT2D eigenvalue weighted by Gasteiger charge is -2.14. The van der Waals surface area contributed by atoms with Gasteiger partial charge in [0.1, 0.15) is 11.5 Å². The number of hydrogen-bond donors (Lipinski definition) is 2. The van der Waals surface area contributed by atoms with Crippen LogP contribution in [-0.4, -0.2) is 14.3 Å². The number of ether oxygens (including phenoxy) is 1. The van der Waals surface area contributed by atoms with E-state index in [9.17, 15) is 17.6 Å². The standard InChI is InChI=1S/C25H15Cl4FN2O4S/c26-14-5-11-20(17(13-14)25(33)31-21-12-10-19(28)23(29)24(21)30)32-37(34,35)16-8-6-15(7-9-16)36-22-4-2-1-3-18(22)27/h1-13,32H,(H,31,33). The predicted molar refractivity (Wildman–Crippen MR) is 145 cm³/mol. The second-order valence-corrected chi connectivity index (χ2v) is 10.8. The third-order valence-corrected chi connectivity index (χ3v) is 7.66. The fraction of sp³-hybridized carbons (Fsp3) is 0. The van der Waals surface area contributed by atoms with E-state index in [0.717, 1.165) is 0 Å². The molecule has 0 aliphatic rings. The van der Waals surface area contributed by atoms with E-state index in [-0.39, 0.29) is 36.9 Å². The highest BCUT2D eigenvalue weighted by molar-refractivity contribution is 7.92. The Hall–Kier alpha value is -3.01. The summed E-state index contributed by atoms with van der Waals surface area (Å²) in [5.74, 6) is -0.998. The first-order valence-electron chi connectivity index (χ1n) is 10.3. The highest BCUT2D eigenvalue weighted by Crippen LogP contribution is 2.32. The topological polar surface area (TPSA) is 84.5 Å². The maximum absolute atomic E-state index is 14.4. The molecular formula is C25H15Cl4FN2O4S. The van der Waals surface area contributed by atoms with Crippen molar-refractivity contribution in [2.45, 2.75) is 4.90 Å². The third-order valence-electron chi connectivity index (χ3n) is 4.95. The molecule has 0 atom stereocenters. The van der Waals surface area contributed by atoms with Crippen LogP contribution in [0.15, 0.2) is 83.8 Å². The Morgan fingerprint density at radius 3 is 2.19 bits per heavy atom. The van der Waals surface area contributed by atoms with Crippen molar-refractivity contribution in [2.24, 2.45) is 0 Å². The smallest absolute Gasteiger partial charge is 0.261 e. The molecule has 0 radical (unpaired) electrons. The van der Waals surface area contributed by atoms with E-state index in [1.165, 1.54) is 54.6 Å². The molecule has 0 aromatic heterocycles. The van der Waals surface area contributed by atoms with Gasteiger partial charge < -0.3 is 10.1 Å². The van der Waals surface area contributed by atoms with Crippen molar-refractivity contribution in [1.82, 2.24) is 0 Å². The quantitative estimate of drug-likeness (QED) is 0.209. The van der Waals surface area contributed by atoms with Gasteiger partial charge in [0.15, 0.2) is 5.82 Å². The van der Waals surface area contributed by atoms with Crippen LogP contribution in [0.5, 0.6) is 11.5 Å². The Morgan fingerprint density at radius 2 is 1.49 bits per heavy atom. The van der Waals surface area contributed by atoms with Crippen LogP contribution in [0.25, 0.3) is 0 Å². The van der Waals surface area contributed by atoms with Crippen LogP contribution >= 0.6 is 46.4 Å². The summed E-state index contributed by atoms with van der Waals surface area (Å²) in [6, 6.07) is 18.9. The molecule has 4 aromatic carbocycles. The molecule has 4 rings (SSSR count). The fourth-order valence-electron chi connectivity index (χ4n) is 3.15. The molecule has 1 amide bonds. The minimum absolute atomic E-state index is 0.0309. The zero-order valence-electron chi connectivity index (χ0n) is 18.4. The van der Waals surface area contributed by atoms with Gasteiger partial charge in [0.25, 0.3) is 15.9 Å². The van der Waals surface area contributed by atoms with Crippen LogP contribution in [0.4, 0.5) is 15.8 Å². The van der Waals surface area contributed by atoms with Crippen molar-refractivity contribution in [2.75, 3.05) is 10.0 Å². The van der Waals surface area contributed by atoms with E-state index in [0.29, 0.717) is 16.5 Å². The van der Waals surface area contributed by atoms with E-state index >= 15 is 0 Å². The van der Waals surface area contributed by atoms with Crippen molar-refractivity contribution in [3.05, 3.63) is 110 Å². The molecule has 190 valence electrons. The maximum Gasteiger partial charge on any atom is 0.261 e. The molecule has 12 heteroatoms. The molecule has 0 aliphatic heterocycles. The normalized spacial score (nSPS) is 11.2. The van der Waals surface area contributed by atoms with Gasteiger partial charge in [-0.05, 0) is 66.7 Å². The van der Waals surface area contributed by atoms with Crippen LogP contribution in [0.1, 0.15) is 10.4 Å². The Labute approximate surface area is 231 Å². The number of anilines is 2. The Morgan fingerprint density at radius 1 is 0.811 bits per heavy atom. The minimum atomic E-state index is -4.14. The lowest BCUT2D eigenvalue weighted by atomic mass is 10.1. The van der Waals surface area contributed by atoms with Crippen molar-refractivity contribution < 1.29 is 22.3 Å². The van der Waals surface area contributed by atoms with Crippen LogP contribution in [0.3, 0.4) is 0 Å². The molecule has 0 bridgehead atoms. The van der Waals surface area contributed by atoms with E-state index in [1.807, 2.05) is 0 Å². The summed E-state index contributed by atoms with van der Waals surface area (Å²) in [6.45, 7) is 0. The average molecular weight is 600 g/mol. The fourth-order valence-corrected chi connectivity index (χ4v) is 4.89. The Kier molecular flexibility index (Phi) is 8.16. The summed E-state index contributed by atoms with van der Waals surface area (Å²) in [5.41, 5.74) is -0.485. The number of carbonyl (C=O) groups excluding carboxylic acids is 1. The van der Waals surface area contributed by atoms with Gasteiger partial charge in [0.2, 0.25) is 0 Å². The number of nitrogens with one attached hydrogen (secondary N) is 2. The second kappa shape index (κ2) is 11.2. The van der Waals surface area contributed by atoms with Crippen LogP contribution in [0, 0.1) is 5.82 Å². The molecule has 37 heavy (non-hydrogen) atoms. The van der Waals surface area contributed by atoms with E-state index in [4.69, 9.17) is 51.1 Å². The Balaban J connectivity index is 1.57. The number of sulfonamides is 1. The maximum atomic E-state index is 14.4. The van der Waals surface area contributed by atoms with Crippen molar-refractivity contribution in [3.63, 3.8) is 0 Å². The molecule has 4 aromatic rings. The number of halogens is 5. The van der Waals surface area contributed by atoms with Gasteiger partial charge >= 0.3 is 0 Å². The zero-order chi connectivity index (χ0) is 26.7. The van der Waals surface area contributed by atoms with E-state index < -0.39 is 21.7 Å². The van der Waals surface area contributed by atoms with Gasteiger partial charge in [-0.25, -0.2) is 12.8 Å². The molecule has 0 fully saturated rings. The van der Waals surface area contributed by atoms with Gasteiger partial charge in [0, 0.05) is 5.02 Å². The lowest BCUT2D eigenvalue weighted by molar-refractivity contribution is 0.102. The SMILES string of the molecule is O=C(Nc1ccc(Cl)c(Cl)c1F)c1cc(Cl)ccc1NS(=O)(=O)c1ccc(Oc2ccccc2Cl)cc1. The molecule has 6 nitrogen and oxygen atoms in total. The summed E-state index contributed by atoms with van der Waals surface area (Å²) in [4.78, 5) is 12.8. The minimum Gasteiger partial charge on any atom is -0.456 e. The van der Waals surface area contributed by atoms with E-state index in [2.05, 4.69) is 10.0 Å². The van der Waals surface area contributed by atoms with Crippen LogP contribution < -0.4 is 14.8 Å². The highest BCUT2D eigenvalue weighted by atomic mass is 35.5. The molecule has 0 spiro atoms. The van der Waals surface area contributed by atoms with Crippen molar-refractivity contribution in [3.8, 4) is 11.5 Å². The van der Waals surface area contributed by atoms with Gasteiger partial charge in [0.05, 0.1) is 36.9 Å². The monoisotopic (exact) mass is 598 g/mol. The summed E-state index contributed by atoms with van der Waals surface area (Å²) in [7, 11) is -4.14. The summed E-state index contributed by atoms with van der Waals surface area (Å²) >= 11 is 23.7. The number of para-hydroxylation sites is 1. The summed E-state index contributed by atoms with van der Waals surface area (Å²) in [5, 5.41) is 2.50. The largest absolute Gasteiger partial charge is 0.456 e. The molecular weight excluding hydrogens is 585 g/mol. The Bertz CT molecular complexity index is 1600. The van der Waals surface area contributed by atoms with Gasteiger partial charge in [-0.2, -0.15) is 0 Å². The molecule has 0 unspecified atom stereocenters. The van der Waals surface area contributed by atoms with Gasteiger partial charge in [-0.15, -0.1) is 0 Å². The first-order valence-corrected chi connectivity index (χ1v) is 13.3. The molecule has 0 aliphatic carbocycles. The number of carbonyl (C=O) groups is 1. The molecule has 0 saturated heterocycles. The number of benzene rings is 4. The van der Waals surface area contributed by atoms with Crippen molar-refractivity contribution >= 4 is 73.7 Å². The van der Waals surface area contributed by atoms with Gasteiger partial charge in [-0.1, -0.05) is 58.5 Å². The first kappa shape index (κ1) is 27.0. The highest BCUT2D eigenvalue weighted by Gasteiger charge is 2.21. The van der Waals surface area contributed by atoms with Crippen molar-refractivity contribution in [1.29, 1.82) is 0 Å². The molecule has 2 N–H and O–H groups in total. The number of amides is 1. The molecule has 0 heterocycles. The van der Waals surface area contributed by atoms with E-state index in [1.54, 1.807) is 24.3 Å². The van der Waals surface area contributed by atoms with Gasteiger partial charge in [-0.3, -0.25) is 9.52 Å². The molecule has 0 saturated carbocycles. The average Bonchev–Trinajstić information content (AvgIpc) is 2.87. The number of rotatable bonds is 7. The first-order chi connectivity index (χ1) is 17.5. The summed E-state index contributed by atoms with van der Waals surface area (Å²) in [6.07, 6.45) is 0. The number of hydrogen-bond acceptors (Lipinski definition) is 4. The summed E-state index contributed by atoms with van der Waals surface area (Å²) < 4.78 is 48.6. The third kappa shape index (κ3) is 6.29.